The summed E-state index contributed by atoms with van der Waals surface area (Å²) < 4.78 is 1.73. The minimum absolute atomic E-state index is 0. The quantitative estimate of drug-likeness (QED) is 0.510. The van der Waals surface area contributed by atoms with Crippen LogP contribution >= 0.6 is 0 Å². The first-order chi connectivity index (χ1) is 6.29. The van der Waals surface area contributed by atoms with Gasteiger partial charge in [-0.2, -0.15) is 0 Å². The largest absolute Gasteiger partial charge is 1.00 e. The standard InChI is InChI=1S/C12H17.2ClH.Zr/c1-10-6-5-9-12(10)11-7-3-2-4-8-11;;;/h6,11H,2-5,7-8H2,1H3;2*1H;/q;;;+2/p-2. The van der Waals surface area contributed by atoms with Gasteiger partial charge in [-0.25, -0.2) is 0 Å². The van der Waals surface area contributed by atoms with Crippen molar-refractivity contribution in [3.63, 3.8) is 0 Å². The molecule has 0 bridgehead atoms. The fourth-order valence-corrected chi connectivity index (χ4v) is 3.91. The summed E-state index contributed by atoms with van der Waals surface area (Å²) in [6, 6.07) is 0. The minimum atomic E-state index is 0. The monoisotopic (exact) mass is 321 g/mol. The van der Waals surface area contributed by atoms with Crippen molar-refractivity contribution in [1.29, 1.82) is 0 Å². The van der Waals surface area contributed by atoms with Crippen molar-refractivity contribution >= 4 is 0 Å². The molecule has 0 atom stereocenters. The summed E-state index contributed by atoms with van der Waals surface area (Å²) in [6.45, 7) is 2.31. The van der Waals surface area contributed by atoms with E-state index in [9.17, 15) is 0 Å². The molecule has 0 spiro atoms. The molecule has 1 fully saturated rings. The van der Waals surface area contributed by atoms with Crippen molar-refractivity contribution < 1.29 is 49.5 Å². The van der Waals surface area contributed by atoms with Gasteiger partial charge in [0.25, 0.3) is 0 Å². The summed E-state index contributed by atoms with van der Waals surface area (Å²) >= 11 is 1.65. The average Bonchev–Trinajstić information content (AvgIpc) is 2.48. The third-order valence-electron chi connectivity index (χ3n) is 3.38. The Bertz CT molecular complexity index is 263. The molecule has 0 aliphatic heterocycles. The molecule has 1 saturated carbocycles. The second kappa shape index (κ2) is 7.30. The van der Waals surface area contributed by atoms with Crippen LogP contribution in [0.15, 0.2) is 20.5 Å². The first-order valence-electron chi connectivity index (χ1n) is 5.41. The van der Waals surface area contributed by atoms with Crippen LogP contribution in [-0.2, 0) is 24.7 Å². The van der Waals surface area contributed by atoms with Crippen molar-refractivity contribution in [3.8, 4) is 0 Å². The van der Waals surface area contributed by atoms with Gasteiger partial charge in [0.15, 0.2) is 0 Å². The predicted molar refractivity (Wildman–Crippen MR) is 52.0 cm³/mol. The van der Waals surface area contributed by atoms with E-state index in [0.29, 0.717) is 0 Å². The number of allylic oxidation sites excluding steroid dienone is 4. The van der Waals surface area contributed by atoms with Gasteiger partial charge in [-0.15, -0.1) is 0 Å². The number of rotatable bonds is 1. The second-order valence-corrected chi connectivity index (χ2v) is 5.80. The summed E-state index contributed by atoms with van der Waals surface area (Å²) in [5.41, 5.74) is 3.36. The smallest absolute Gasteiger partial charge is 1.00 e. The van der Waals surface area contributed by atoms with Crippen LogP contribution in [0.4, 0.5) is 0 Å². The summed E-state index contributed by atoms with van der Waals surface area (Å²) in [7, 11) is 0. The molecule has 0 nitrogen and oxygen atoms in total. The maximum Gasteiger partial charge on any atom is -1.00 e. The molecule has 0 aromatic rings. The number of hydrogen-bond acceptors (Lipinski definition) is 0. The zero-order valence-corrected chi connectivity index (χ0v) is 13.1. The van der Waals surface area contributed by atoms with Gasteiger partial charge < -0.3 is 24.8 Å². The molecule has 2 aliphatic carbocycles. The van der Waals surface area contributed by atoms with Gasteiger partial charge >= 0.3 is 96.6 Å². The van der Waals surface area contributed by atoms with E-state index in [4.69, 9.17) is 0 Å². The van der Waals surface area contributed by atoms with E-state index in [1.165, 1.54) is 38.5 Å². The van der Waals surface area contributed by atoms with Gasteiger partial charge in [0.05, 0.1) is 0 Å². The van der Waals surface area contributed by atoms with E-state index in [1.54, 1.807) is 39.1 Å². The van der Waals surface area contributed by atoms with Crippen LogP contribution in [0.2, 0.25) is 0 Å². The molecule has 0 saturated heterocycles. The molecule has 3 heteroatoms. The zero-order chi connectivity index (χ0) is 9.26. The summed E-state index contributed by atoms with van der Waals surface area (Å²) in [5.74, 6) is 0.932. The van der Waals surface area contributed by atoms with Crippen molar-refractivity contribution in [1.82, 2.24) is 0 Å². The maximum absolute atomic E-state index is 2.42. The molecule has 0 amide bonds. The third kappa shape index (κ3) is 3.72. The van der Waals surface area contributed by atoms with Crippen LogP contribution in [0.5, 0.6) is 0 Å². The number of hydrogen-bond donors (Lipinski definition) is 0. The van der Waals surface area contributed by atoms with Gasteiger partial charge in [-0.3, -0.25) is 0 Å². The van der Waals surface area contributed by atoms with Gasteiger partial charge in [-0.05, 0) is 0 Å². The topological polar surface area (TPSA) is 0 Å². The molecular formula is C12H17Cl2Zr. The van der Waals surface area contributed by atoms with E-state index in [0.717, 1.165) is 5.92 Å². The van der Waals surface area contributed by atoms with E-state index < -0.39 is 0 Å². The summed E-state index contributed by atoms with van der Waals surface area (Å²) in [4.78, 5) is 0. The third-order valence-corrected chi connectivity index (χ3v) is 4.54. The fourth-order valence-electron chi connectivity index (χ4n) is 2.67. The Balaban J connectivity index is 0.000000980. The fraction of sp³-hybridized carbons (Fsp3) is 0.667. The molecule has 0 N–H and O–H groups in total. The zero-order valence-electron chi connectivity index (χ0n) is 9.15. The Morgan fingerprint density at radius 1 is 1.13 bits per heavy atom. The molecule has 0 radical (unpaired) electrons. The van der Waals surface area contributed by atoms with Gasteiger partial charge in [0, 0.05) is 0 Å². The molecule has 0 unspecified atom stereocenters. The van der Waals surface area contributed by atoms with Crippen molar-refractivity contribution in [2.75, 3.05) is 0 Å². The van der Waals surface area contributed by atoms with Crippen molar-refractivity contribution in [2.45, 2.75) is 45.4 Å². The van der Waals surface area contributed by atoms with E-state index in [1.807, 2.05) is 0 Å². The van der Waals surface area contributed by atoms with Crippen LogP contribution < -0.4 is 24.8 Å². The molecule has 83 valence electrons. The Labute approximate surface area is 121 Å². The molecule has 0 aromatic carbocycles. The van der Waals surface area contributed by atoms with Gasteiger partial charge in [-0.1, -0.05) is 0 Å². The molecule has 15 heavy (non-hydrogen) atoms. The average molecular weight is 323 g/mol. The van der Waals surface area contributed by atoms with Gasteiger partial charge in [0.1, 0.15) is 0 Å². The molecular weight excluding hydrogens is 306 g/mol. The first-order valence-corrected chi connectivity index (χ1v) is 6.63. The SMILES string of the molecule is CC1=CC[C]([Zr+2])=C1C1CCCCC1.[Cl-].[Cl-]. The normalized spacial score (nSPS) is 21.9. The molecule has 2 rings (SSSR count). The Hall–Kier alpha value is 0.943. The second-order valence-electron chi connectivity index (χ2n) is 4.32. The van der Waals surface area contributed by atoms with Crippen molar-refractivity contribution in [2.24, 2.45) is 5.92 Å². The maximum atomic E-state index is 2.42. The minimum Gasteiger partial charge on any atom is -1.00 e. The van der Waals surface area contributed by atoms with E-state index in [-0.39, 0.29) is 24.8 Å². The van der Waals surface area contributed by atoms with E-state index >= 15 is 0 Å². The number of halogens is 2. The van der Waals surface area contributed by atoms with Crippen LogP contribution in [0.1, 0.15) is 45.4 Å². The Morgan fingerprint density at radius 3 is 2.20 bits per heavy atom. The van der Waals surface area contributed by atoms with Crippen LogP contribution in [0.3, 0.4) is 0 Å². The van der Waals surface area contributed by atoms with Crippen LogP contribution in [0.25, 0.3) is 0 Å². The van der Waals surface area contributed by atoms with Gasteiger partial charge in [0.2, 0.25) is 0 Å². The first kappa shape index (κ1) is 15.9. The Morgan fingerprint density at radius 2 is 1.73 bits per heavy atom. The summed E-state index contributed by atoms with van der Waals surface area (Å²) in [5, 5.41) is 0. The molecule has 0 heterocycles. The summed E-state index contributed by atoms with van der Waals surface area (Å²) in [6.07, 6.45) is 11.0. The van der Waals surface area contributed by atoms with Crippen molar-refractivity contribution in [3.05, 3.63) is 20.5 Å². The van der Waals surface area contributed by atoms with Crippen LogP contribution in [-0.4, -0.2) is 0 Å². The molecule has 0 aromatic heterocycles. The van der Waals surface area contributed by atoms with Crippen LogP contribution in [0, 0.1) is 5.92 Å². The predicted octanol–water partition coefficient (Wildman–Crippen LogP) is -2.27. The Kier molecular flexibility index (Phi) is 7.76. The van der Waals surface area contributed by atoms with E-state index in [2.05, 4.69) is 13.0 Å². The molecule has 2 aliphatic rings.